The van der Waals surface area contributed by atoms with E-state index in [0.717, 1.165) is 18.9 Å². The Hall–Kier alpha value is -1.31. The van der Waals surface area contributed by atoms with Gasteiger partial charge in [0.2, 0.25) is 0 Å². The molecule has 0 atom stereocenters. The molecule has 0 aromatic rings. The molecule has 0 aromatic carbocycles. The fourth-order valence-corrected chi connectivity index (χ4v) is 1.25. The minimum atomic E-state index is -0.902. The minimum Gasteiger partial charge on any atom is -0.478 e. The van der Waals surface area contributed by atoms with Gasteiger partial charge in [0.15, 0.2) is 0 Å². The molecule has 1 N–H and O–H groups in total. The molecule has 0 aliphatic heterocycles. The Morgan fingerprint density at radius 2 is 1.69 bits per heavy atom. The van der Waals surface area contributed by atoms with Gasteiger partial charge in [-0.05, 0) is 25.7 Å². The molecule has 0 unspecified atom stereocenters. The summed E-state index contributed by atoms with van der Waals surface area (Å²) in [5, 5.41) is 8.33. The molecule has 0 spiro atoms. The van der Waals surface area contributed by atoms with Crippen molar-refractivity contribution in [2.75, 3.05) is 0 Å². The van der Waals surface area contributed by atoms with E-state index in [1.165, 1.54) is 25.7 Å². The highest BCUT2D eigenvalue weighted by atomic mass is 16.4. The first kappa shape index (κ1) is 14.7. The number of allylic oxidation sites excluding steroid dienone is 5. The number of hydrogen-bond donors (Lipinski definition) is 1. The van der Waals surface area contributed by atoms with Gasteiger partial charge in [0.25, 0.3) is 0 Å². The summed E-state index contributed by atoms with van der Waals surface area (Å²) in [5.41, 5.74) is 0. The van der Waals surface area contributed by atoms with Crippen LogP contribution in [0.15, 0.2) is 36.5 Å². The molecule has 0 fully saturated rings. The molecular weight excluding hydrogens is 200 g/mol. The van der Waals surface area contributed by atoms with Gasteiger partial charge in [-0.3, -0.25) is 0 Å². The maximum atomic E-state index is 10.1. The van der Waals surface area contributed by atoms with Gasteiger partial charge < -0.3 is 5.11 Å². The SMILES string of the molecule is CCCCC/C=C\CC/C=C/C=C/C(=O)O. The highest BCUT2D eigenvalue weighted by Crippen LogP contribution is 2.01. The zero-order chi connectivity index (χ0) is 12.1. The third-order valence-corrected chi connectivity index (χ3v) is 2.13. The van der Waals surface area contributed by atoms with Crippen LogP contribution in [0.2, 0.25) is 0 Å². The summed E-state index contributed by atoms with van der Waals surface area (Å²) in [6.45, 7) is 2.21. The second kappa shape index (κ2) is 11.8. The molecule has 90 valence electrons. The van der Waals surface area contributed by atoms with Crippen LogP contribution in [-0.2, 0) is 4.79 Å². The van der Waals surface area contributed by atoms with E-state index >= 15 is 0 Å². The van der Waals surface area contributed by atoms with Crippen LogP contribution in [0.3, 0.4) is 0 Å². The van der Waals surface area contributed by atoms with Gasteiger partial charge in [0.1, 0.15) is 0 Å². The smallest absolute Gasteiger partial charge is 0.328 e. The van der Waals surface area contributed by atoms with Crippen LogP contribution in [0, 0.1) is 0 Å². The lowest BCUT2D eigenvalue weighted by Gasteiger charge is -1.91. The molecule has 0 aliphatic carbocycles. The van der Waals surface area contributed by atoms with Crippen molar-refractivity contribution in [1.82, 2.24) is 0 Å². The lowest BCUT2D eigenvalue weighted by Crippen LogP contribution is -1.84. The van der Waals surface area contributed by atoms with Crippen LogP contribution in [0.4, 0.5) is 0 Å². The Morgan fingerprint density at radius 1 is 1.00 bits per heavy atom. The summed E-state index contributed by atoms with van der Waals surface area (Å²) in [7, 11) is 0. The minimum absolute atomic E-state index is 0.902. The molecule has 0 saturated carbocycles. The van der Waals surface area contributed by atoms with E-state index in [-0.39, 0.29) is 0 Å². The van der Waals surface area contributed by atoms with Crippen molar-refractivity contribution in [3.05, 3.63) is 36.5 Å². The Bertz CT molecular complexity index is 249. The molecule has 0 amide bonds. The average Bonchev–Trinajstić information content (AvgIpc) is 2.25. The van der Waals surface area contributed by atoms with Crippen molar-refractivity contribution in [3.63, 3.8) is 0 Å². The summed E-state index contributed by atoms with van der Waals surface area (Å²) >= 11 is 0. The van der Waals surface area contributed by atoms with Crippen molar-refractivity contribution in [2.24, 2.45) is 0 Å². The summed E-state index contributed by atoms with van der Waals surface area (Å²) in [6, 6.07) is 0. The van der Waals surface area contributed by atoms with E-state index in [1.54, 1.807) is 12.2 Å². The van der Waals surface area contributed by atoms with Crippen LogP contribution >= 0.6 is 0 Å². The van der Waals surface area contributed by atoms with Crippen LogP contribution < -0.4 is 0 Å². The third-order valence-electron chi connectivity index (χ3n) is 2.13. The normalized spacial score (nSPS) is 12.1. The number of carboxylic acids is 1. The van der Waals surface area contributed by atoms with Crippen LogP contribution in [-0.4, -0.2) is 11.1 Å². The molecule has 0 bridgehead atoms. The van der Waals surface area contributed by atoms with Crippen molar-refractivity contribution >= 4 is 5.97 Å². The van der Waals surface area contributed by atoms with Crippen molar-refractivity contribution in [2.45, 2.75) is 45.4 Å². The topological polar surface area (TPSA) is 37.3 Å². The maximum Gasteiger partial charge on any atom is 0.328 e. The van der Waals surface area contributed by atoms with Gasteiger partial charge in [-0.15, -0.1) is 0 Å². The first-order chi connectivity index (χ1) is 7.77. The molecule has 0 rings (SSSR count). The molecule has 0 heterocycles. The van der Waals surface area contributed by atoms with Crippen molar-refractivity contribution < 1.29 is 9.90 Å². The average molecular weight is 222 g/mol. The Labute approximate surface area is 98.4 Å². The lowest BCUT2D eigenvalue weighted by molar-refractivity contribution is -0.131. The fourth-order valence-electron chi connectivity index (χ4n) is 1.25. The number of unbranched alkanes of at least 4 members (excludes halogenated alkanes) is 4. The second-order valence-electron chi connectivity index (χ2n) is 3.67. The van der Waals surface area contributed by atoms with E-state index in [0.29, 0.717) is 0 Å². The van der Waals surface area contributed by atoms with Crippen LogP contribution in [0.5, 0.6) is 0 Å². The molecule has 2 nitrogen and oxygen atoms in total. The molecule has 16 heavy (non-hydrogen) atoms. The number of aliphatic carboxylic acids is 1. The van der Waals surface area contributed by atoms with Gasteiger partial charge in [0, 0.05) is 6.08 Å². The predicted molar refractivity (Wildman–Crippen MR) is 68.4 cm³/mol. The van der Waals surface area contributed by atoms with Crippen LogP contribution in [0.25, 0.3) is 0 Å². The Kier molecular flexibility index (Phi) is 10.8. The van der Waals surface area contributed by atoms with Gasteiger partial charge in [-0.25, -0.2) is 4.79 Å². The van der Waals surface area contributed by atoms with E-state index in [2.05, 4.69) is 19.1 Å². The van der Waals surface area contributed by atoms with Crippen molar-refractivity contribution in [1.29, 1.82) is 0 Å². The monoisotopic (exact) mass is 222 g/mol. The molecule has 2 heteroatoms. The zero-order valence-electron chi connectivity index (χ0n) is 10.1. The first-order valence-corrected chi connectivity index (χ1v) is 5.98. The summed E-state index contributed by atoms with van der Waals surface area (Å²) < 4.78 is 0. The number of carbonyl (C=O) groups is 1. The second-order valence-corrected chi connectivity index (χ2v) is 3.67. The highest BCUT2D eigenvalue weighted by Gasteiger charge is 1.82. The highest BCUT2D eigenvalue weighted by molar-refractivity contribution is 5.80. The van der Waals surface area contributed by atoms with Gasteiger partial charge in [-0.1, -0.05) is 50.1 Å². The lowest BCUT2D eigenvalue weighted by atomic mass is 10.2. The van der Waals surface area contributed by atoms with Gasteiger partial charge >= 0.3 is 5.97 Å². The first-order valence-electron chi connectivity index (χ1n) is 5.98. The maximum absolute atomic E-state index is 10.1. The summed E-state index contributed by atoms with van der Waals surface area (Å²) in [6.07, 6.45) is 17.9. The molecule has 0 saturated heterocycles. The molecule has 0 aliphatic rings. The molecular formula is C14H22O2. The van der Waals surface area contributed by atoms with E-state index in [4.69, 9.17) is 5.11 Å². The van der Waals surface area contributed by atoms with Crippen LogP contribution in [0.1, 0.15) is 45.4 Å². The molecule has 0 radical (unpaired) electrons. The van der Waals surface area contributed by atoms with E-state index < -0.39 is 5.97 Å². The number of hydrogen-bond acceptors (Lipinski definition) is 1. The van der Waals surface area contributed by atoms with Gasteiger partial charge in [-0.2, -0.15) is 0 Å². The van der Waals surface area contributed by atoms with E-state index in [9.17, 15) is 4.79 Å². The quantitative estimate of drug-likeness (QED) is 0.276. The Balaban J connectivity index is 3.35. The van der Waals surface area contributed by atoms with Crippen molar-refractivity contribution in [3.8, 4) is 0 Å². The van der Waals surface area contributed by atoms with E-state index in [1.807, 2.05) is 6.08 Å². The zero-order valence-corrected chi connectivity index (χ0v) is 10.1. The third kappa shape index (κ3) is 12.7. The standard InChI is InChI=1S/C14H22O2/c1-2-3-4-5-6-7-8-9-10-11-12-13-14(15)16/h6-7,10-13H,2-5,8-9H2,1H3,(H,15,16)/b7-6-,11-10+,13-12+. The molecule has 0 aromatic heterocycles. The predicted octanol–water partition coefficient (Wildman–Crippen LogP) is 4.10. The Morgan fingerprint density at radius 3 is 2.38 bits per heavy atom. The van der Waals surface area contributed by atoms with Gasteiger partial charge in [0.05, 0.1) is 0 Å². The largest absolute Gasteiger partial charge is 0.478 e. The summed E-state index contributed by atoms with van der Waals surface area (Å²) in [4.78, 5) is 10.1. The summed E-state index contributed by atoms with van der Waals surface area (Å²) in [5.74, 6) is -0.902. The number of carboxylic acid groups (broad SMARTS) is 1. The number of rotatable bonds is 9. The fraction of sp³-hybridized carbons (Fsp3) is 0.500.